The standard InChI is InChI=1S/C15H17FN2O/c1-3-10-5-4-8-18-15(10)14(17)11-6-7-13(19-2)12(16)9-11/h4-9,14H,3,17H2,1-2H3. The summed E-state index contributed by atoms with van der Waals surface area (Å²) in [7, 11) is 1.44. The van der Waals surface area contributed by atoms with Crippen LogP contribution in [0.1, 0.15) is 29.8 Å². The van der Waals surface area contributed by atoms with E-state index in [1.165, 1.54) is 13.2 Å². The van der Waals surface area contributed by atoms with Gasteiger partial charge in [0.15, 0.2) is 11.6 Å². The van der Waals surface area contributed by atoms with Crippen molar-refractivity contribution >= 4 is 0 Å². The number of aryl methyl sites for hydroxylation is 1. The number of ether oxygens (including phenoxy) is 1. The summed E-state index contributed by atoms with van der Waals surface area (Å²) in [5, 5.41) is 0. The van der Waals surface area contributed by atoms with Gasteiger partial charge < -0.3 is 10.5 Å². The van der Waals surface area contributed by atoms with E-state index in [-0.39, 0.29) is 5.75 Å². The van der Waals surface area contributed by atoms with Crippen LogP contribution in [0.25, 0.3) is 0 Å². The van der Waals surface area contributed by atoms with Crippen molar-refractivity contribution in [2.75, 3.05) is 7.11 Å². The minimum atomic E-state index is -0.434. The molecule has 0 spiro atoms. The van der Waals surface area contributed by atoms with E-state index in [0.29, 0.717) is 5.56 Å². The predicted molar refractivity (Wildman–Crippen MR) is 72.6 cm³/mol. The van der Waals surface area contributed by atoms with Gasteiger partial charge in [-0.3, -0.25) is 4.98 Å². The number of methoxy groups -OCH3 is 1. The fraction of sp³-hybridized carbons (Fsp3) is 0.267. The molecule has 1 aromatic carbocycles. The van der Waals surface area contributed by atoms with Crippen molar-refractivity contribution < 1.29 is 9.13 Å². The van der Waals surface area contributed by atoms with E-state index in [1.807, 2.05) is 19.1 Å². The van der Waals surface area contributed by atoms with Gasteiger partial charge in [-0.05, 0) is 35.7 Å². The first-order chi connectivity index (χ1) is 9.17. The Hall–Kier alpha value is -1.94. The van der Waals surface area contributed by atoms with Gasteiger partial charge in [0.1, 0.15) is 0 Å². The number of halogens is 1. The highest BCUT2D eigenvalue weighted by atomic mass is 19.1. The molecule has 0 amide bonds. The van der Waals surface area contributed by atoms with Crippen LogP contribution in [0.5, 0.6) is 5.75 Å². The Bertz CT molecular complexity index is 572. The third-order valence-electron chi connectivity index (χ3n) is 3.14. The van der Waals surface area contributed by atoms with Gasteiger partial charge in [-0.25, -0.2) is 4.39 Å². The summed E-state index contributed by atoms with van der Waals surface area (Å²) in [5.41, 5.74) is 8.73. The third-order valence-corrected chi connectivity index (χ3v) is 3.14. The lowest BCUT2D eigenvalue weighted by Crippen LogP contribution is -2.16. The Balaban J connectivity index is 2.38. The first-order valence-corrected chi connectivity index (χ1v) is 6.20. The minimum Gasteiger partial charge on any atom is -0.494 e. The van der Waals surface area contributed by atoms with Crippen LogP contribution in [0.3, 0.4) is 0 Å². The lowest BCUT2D eigenvalue weighted by molar-refractivity contribution is 0.386. The van der Waals surface area contributed by atoms with Gasteiger partial charge in [0.05, 0.1) is 18.8 Å². The molecular formula is C15H17FN2O. The molecule has 19 heavy (non-hydrogen) atoms. The van der Waals surface area contributed by atoms with Crippen molar-refractivity contribution in [3.8, 4) is 5.75 Å². The molecule has 0 radical (unpaired) electrons. The number of aromatic nitrogens is 1. The zero-order chi connectivity index (χ0) is 13.8. The molecule has 2 rings (SSSR count). The molecule has 100 valence electrons. The molecule has 2 N–H and O–H groups in total. The number of rotatable bonds is 4. The number of nitrogens with zero attached hydrogens (tertiary/aromatic N) is 1. The maximum absolute atomic E-state index is 13.7. The van der Waals surface area contributed by atoms with E-state index in [2.05, 4.69) is 4.98 Å². The van der Waals surface area contributed by atoms with E-state index in [4.69, 9.17) is 10.5 Å². The normalized spacial score (nSPS) is 12.2. The number of pyridine rings is 1. The number of hydrogen-bond donors (Lipinski definition) is 1. The van der Waals surface area contributed by atoms with Crippen molar-refractivity contribution in [2.24, 2.45) is 5.73 Å². The summed E-state index contributed by atoms with van der Waals surface area (Å²) in [6, 6.07) is 8.18. The fourth-order valence-electron chi connectivity index (χ4n) is 2.06. The molecule has 0 aliphatic rings. The van der Waals surface area contributed by atoms with E-state index in [9.17, 15) is 4.39 Å². The second-order valence-corrected chi connectivity index (χ2v) is 4.27. The molecule has 0 aliphatic carbocycles. The third kappa shape index (κ3) is 2.74. The van der Waals surface area contributed by atoms with Gasteiger partial charge in [0.25, 0.3) is 0 Å². The van der Waals surface area contributed by atoms with E-state index < -0.39 is 11.9 Å². The van der Waals surface area contributed by atoms with Crippen LogP contribution in [-0.4, -0.2) is 12.1 Å². The van der Waals surface area contributed by atoms with Crippen molar-refractivity contribution in [1.82, 2.24) is 4.98 Å². The summed E-state index contributed by atoms with van der Waals surface area (Å²) < 4.78 is 18.6. The summed E-state index contributed by atoms with van der Waals surface area (Å²) >= 11 is 0. The summed E-state index contributed by atoms with van der Waals surface area (Å²) in [5.74, 6) is -0.197. The van der Waals surface area contributed by atoms with Crippen molar-refractivity contribution in [1.29, 1.82) is 0 Å². The second kappa shape index (κ2) is 5.80. The monoisotopic (exact) mass is 260 g/mol. The quantitative estimate of drug-likeness (QED) is 0.919. The zero-order valence-corrected chi connectivity index (χ0v) is 11.1. The Kier molecular flexibility index (Phi) is 4.12. The Morgan fingerprint density at radius 1 is 1.37 bits per heavy atom. The Morgan fingerprint density at radius 3 is 2.79 bits per heavy atom. The van der Waals surface area contributed by atoms with E-state index >= 15 is 0 Å². The van der Waals surface area contributed by atoms with Crippen LogP contribution in [0.4, 0.5) is 4.39 Å². The van der Waals surface area contributed by atoms with Gasteiger partial charge >= 0.3 is 0 Å². The molecule has 0 saturated heterocycles. The van der Waals surface area contributed by atoms with Crippen molar-refractivity contribution in [3.05, 3.63) is 59.2 Å². The zero-order valence-electron chi connectivity index (χ0n) is 11.1. The highest BCUT2D eigenvalue weighted by molar-refractivity contribution is 5.36. The summed E-state index contributed by atoms with van der Waals surface area (Å²) in [6.45, 7) is 2.04. The number of benzene rings is 1. The average Bonchev–Trinajstić information content (AvgIpc) is 2.46. The lowest BCUT2D eigenvalue weighted by Gasteiger charge is -2.15. The molecule has 0 bridgehead atoms. The van der Waals surface area contributed by atoms with Gasteiger partial charge in [0.2, 0.25) is 0 Å². The van der Waals surface area contributed by atoms with Crippen LogP contribution in [0, 0.1) is 5.82 Å². The summed E-state index contributed by atoms with van der Waals surface area (Å²) in [4.78, 5) is 4.32. The van der Waals surface area contributed by atoms with Crippen LogP contribution in [0.15, 0.2) is 36.5 Å². The van der Waals surface area contributed by atoms with Crippen molar-refractivity contribution in [3.63, 3.8) is 0 Å². The average molecular weight is 260 g/mol. The second-order valence-electron chi connectivity index (χ2n) is 4.27. The SMILES string of the molecule is CCc1cccnc1C(N)c1ccc(OC)c(F)c1. The van der Waals surface area contributed by atoms with Gasteiger partial charge in [0, 0.05) is 6.20 Å². The van der Waals surface area contributed by atoms with Crippen LogP contribution >= 0.6 is 0 Å². The van der Waals surface area contributed by atoms with E-state index in [0.717, 1.165) is 17.7 Å². The largest absolute Gasteiger partial charge is 0.494 e. The molecule has 0 saturated carbocycles. The van der Waals surface area contributed by atoms with Crippen molar-refractivity contribution in [2.45, 2.75) is 19.4 Å². The topological polar surface area (TPSA) is 48.1 Å². The van der Waals surface area contributed by atoms with Gasteiger partial charge in [-0.1, -0.05) is 19.1 Å². The summed E-state index contributed by atoms with van der Waals surface area (Å²) in [6.07, 6.45) is 2.55. The Labute approximate surface area is 112 Å². The van der Waals surface area contributed by atoms with Crippen LogP contribution < -0.4 is 10.5 Å². The first-order valence-electron chi connectivity index (χ1n) is 6.20. The molecule has 1 heterocycles. The maximum atomic E-state index is 13.7. The molecule has 0 aliphatic heterocycles. The predicted octanol–water partition coefficient (Wildman–Crippen LogP) is 2.84. The van der Waals surface area contributed by atoms with Gasteiger partial charge in [-0.15, -0.1) is 0 Å². The van der Waals surface area contributed by atoms with Gasteiger partial charge in [-0.2, -0.15) is 0 Å². The molecule has 1 unspecified atom stereocenters. The van der Waals surface area contributed by atoms with Crippen LogP contribution in [-0.2, 0) is 6.42 Å². The first kappa shape index (κ1) is 13.5. The highest BCUT2D eigenvalue weighted by Crippen LogP contribution is 2.25. The maximum Gasteiger partial charge on any atom is 0.165 e. The molecule has 1 aromatic heterocycles. The lowest BCUT2D eigenvalue weighted by atomic mass is 9.99. The molecule has 3 nitrogen and oxygen atoms in total. The molecule has 0 fully saturated rings. The molecular weight excluding hydrogens is 243 g/mol. The smallest absolute Gasteiger partial charge is 0.165 e. The van der Waals surface area contributed by atoms with E-state index in [1.54, 1.807) is 18.3 Å². The van der Waals surface area contributed by atoms with Crippen LogP contribution in [0.2, 0.25) is 0 Å². The fourth-order valence-corrected chi connectivity index (χ4v) is 2.06. The highest BCUT2D eigenvalue weighted by Gasteiger charge is 2.15. The minimum absolute atomic E-state index is 0.215. The number of hydrogen-bond acceptors (Lipinski definition) is 3. The Morgan fingerprint density at radius 2 is 2.16 bits per heavy atom. The molecule has 2 aromatic rings. The molecule has 1 atom stereocenters. The number of nitrogens with two attached hydrogens (primary N) is 1. The molecule has 4 heteroatoms.